The van der Waals surface area contributed by atoms with Gasteiger partial charge in [-0.25, -0.2) is 4.79 Å². The van der Waals surface area contributed by atoms with Gasteiger partial charge in [0.2, 0.25) is 0 Å². The molecule has 25 heavy (non-hydrogen) atoms. The Labute approximate surface area is 148 Å². The van der Waals surface area contributed by atoms with Crippen molar-refractivity contribution < 1.29 is 19.0 Å². The first-order valence-corrected chi connectivity index (χ1v) is 8.01. The fraction of sp³-hybridized carbons (Fsp3) is 0.529. The number of ether oxygens (including phenoxy) is 3. The molecule has 0 fully saturated rings. The highest BCUT2D eigenvalue weighted by Gasteiger charge is 2.15. The molecule has 0 saturated heterocycles. The highest BCUT2D eigenvalue weighted by Crippen LogP contribution is 2.29. The predicted molar refractivity (Wildman–Crippen MR) is 98.5 cm³/mol. The van der Waals surface area contributed by atoms with E-state index < -0.39 is 11.7 Å². The summed E-state index contributed by atoms with van der Waals surface area (Å²) in [7, 11) is 3.14. The normalized spacial score (nSPS) is 11.6. The molecule has 0 radical (unpaired) electrons. The number of carbonyl (C=O) groups is 1. The zero-order valence-electron chi connectivity index (χ0n) is 15.5. The number of hydrogen-bond donors (Lipinski definition) is 3. The van der Waals surface area contributed by atoms with Gasteiger partial charge in [-0.3, -0.25) is 4.99 Å². The molecule has 0 aromatic heterocycles. The molecule has 4 N–H and O–H groups in total. The summed E-state index contributed by atoms with van der Waals surface area (Å²) in [5, 5.41) is 5.65. The Bertz CT molecular complexity index is 597. The molecule has 0 spiro atoms. The summed E-state index contributed by atoms with van der Waals surface area (Å²) in [5.74, 6) is 1.52. The standard InChI is InChI=1S/C17H28N4O4/c1-17(2,3)25-16(22)20-10-6-9-19-15(18)21-12-7-8-13(23-4)14(11-12)24-5/h7-8,11H,6,9-10H2,1-5H3,(H,20,22)(H3,18,19,21). The number of benzene rings is 1. The molecule has 1 amide bonds. The van der Waals surface area contributed by atoms with Crippen LogP contribution in [0.3, 0.4) is 0 Å². The first-order chi connectivity index (χ1) is 11.7. The fourth-order valence-corrected chi connectivity index (χ4v) is 1.88. The maximum Gasteiger partial charge on any atom is 0.407 e. The Morgan fingerprint density at radius 3 is 2.48 bits per heavy atom. The smallest absolute Gasteiger partial charge is 0.407 e. The van der Waals surface area contributed by atoms with Crippen LogP contribution in [0.2, 0.25) is 0 Å². The van der Waals surface area contributed by atoms with Gasteiger partial charge in [0, 0.05) is 24.8 Å². The molecule has 0 aliphatic carbocycles. The molecule has 1 aromatic carbocycles. The van der Waals surface area contributed by atoms with Gasteiger partial charge in [-0.1, -0.05) is 0 Å². The monoisotopic (exact) mass is 352 g/mol. The molecule has 0 aliphatic rings. The Morgan fingerprint density at radius 1 is 1.20 bits per heavy atom. The number of anilines is 1. The average Bonchev–Trinajstić information content (AvgIpc) is 2.52. The molecule has 0 bridgehead atoms. The van der Waals surface area contributed by atoms with E-state index in [9.17, 15) is 4.79 Å². The van der Waals surface area contributed by atoms with Gasteiger partial charge in [-0.15, -0.1) is 0 Å². The Kier molecular flexibility index (Phi) is 7.84. The third-order valence-corrected chi connectivity index (χ3v) is 2.94. The van der Waals surface area contributed by atoms with Gasteiger partial charge >= 0.3 is 6.09 Å². The third-order valence-electron chi connectivity index (χ3n) is 2.94. The van der Waals surface area contributed by atoms with Crippen LogP contribution in [0.25, 0.3) is 0 Å². The van der Waals surface area contributed by atoms with E-state index >= 15 is 0 Å². The number of aliphatic imine (C=N–C) groups is 1. The number of alkyl carbamates (subject to hydrolysis) is 1. The first-order valence-electron chi connectivity index (χ1n) is 8.01. The zero-order valence-corrected chi connectivity index (χ0v) is 15.5. The third kappa shape index (κ3) is 8.14. The van der Waals surface area contributed by atoms with Gasteiger partial charge in [-0.2, -0.15) is 0 Å². The number of hydrogen-bond acceptors (Lipinski definition) is 5. The van der Waals surface area contributed by atoms with Gasteiger partial charge in [0.15, 0.2) is 17.5 Å². The minimum absolute atomic E-state index is 0.282. The summed E-state index contributed by atoms with van der Waals surface area (Å²) in [6.45, 7) is 6.39. The van der Waals surface area contributed by atoms with Gasteiger partial charge in [0.1, 0.15) is 5.60 Å². The second-order valence-corrected chi connectivity index (χ2v) is 6.24. The predicted octanol–water partition coefficient (Wildman–Crippen LogP) is 2.35. The lowest BCUT2D eigenvalue weighted by Gasteiger charge is -2.19. The van der Waals surface area contributed by atoms with Crippen molar-refractivity contribution in [3.8, 4) is 11.5 Å². The largest absolute Gasteiger partial charge is 0.493 e. The van der Waals surface area contributed by atoms with Crippen LogP contribution in [0.4, 0.5) is 10.5 Å². The topological polar surface area (TPSA) is 107 Å². The van der Waals surface area contributed by atoms with Crippen LogP contribution >= 0.6 is 0 Å². The fourth-order valence-electron chi connectivity index (χ4n) is 1.88. The number of guanidine groups is 1. The molecule has 0 unspecified atom stereocenters. The van der Waals surface area contributed by atoms with E-state index in [1.807, 2.05) is 26.8 Å². The van der Waals surface area contributed by atoms with Gasteiger partial charge in [0.05, 0.1) is 14.2 Å². The van der Waals surface area contributed by atoms with E-state index in [1.165, 1.54) is 0 Å². The molecule has 0 atom stereocenters. The van der Waals surface area contributed by atoms with Crippen LogP contribution in [0, 0.1) is 0 Å². The molecule has 8 heteroatoms. The summed E-state index contributed by atoms with van der Waals surface area (Å²) in [4.78, 5) is 15.7. The Morgan fingerprint density at radius 2 is 1.88 bits per heavy atom. The minimum atomic E-state index is -0.504. The molecule has 0 saturated carbocycles. The van der Waals surface area contributed by atoms with Crippen LogP contribution in [0.5, 0.6) is 11.5 Å². The summed E-state index contributed by atoms with van der Waals surface area (Å²) in [5.41, 5.74) is 6.09. The lowest BCUT2D eigenvalue weighted by molar-refractivity contribution is 0.0527. The highest BCUT2D eigenvalue weighted by atomic mass is 16.6. The van der Waals surface area contributed by atoms with Crippen LogP contribution in [0.15, 0.2) is 23.2 Å². The maximum atomic E-state index is 11.5. The van der Waals surface area contributed by atoms with Crippen molar-refractivity contribution in [2.75, 3.05) is 32.6 Å². The summed E-state index contributed by atoms with van der Waals surface area (Å²) < 4.78 is 15.5. The zero-order chi connectivity index (χ0) is 18.9. The molecule has 8 nitrogen and oxygen atoms in total. The van der Waals surface area contributed by atoms with E-state index in [1.54, 1.807) is 26.4 Å². The molecular formula is C17H28N4O4. The van der Waals surface area contributed by atoms with Gasteiger partial charge in [-0.05, 0) is 39.3 Å². The average molecular weight is 352 g/mol. The van der Waals surface area contributed by atoms with Crippen molar-refractivity contribution >= 4 is 17.7 Å². The van der Waals surface area contributed by atoms with Gasteiger partial charge in [0.25, 0.3) is 0 Å². The number of nitrogens with one attached hydrogen (secondary N) is 2. The SMILES string of the molecule is COc1ccc(NC(N)=NCCCNC(=O)OC(C)(C)C)cc1OC. The number of nitrogens with zero attached hydrogens (tertiary/aromatic N) is 1. The molecule has 1 aromatic rings. The summed E-state index contributed by atoms with van der Waals surface area (Å²) >= 11 is 0. The second kappa shape index (κ2) is 9.61. The van der Waals surface area contributed by atoms with Crippen LogP contribution in [0.1, 0.15) is 27.2 Å². The Hall–Kier alpha value is -2.64. The number of rotatable bonds is 7. The highest BCUT2D eigenvalue weighted by molar-refractivity contribution is 5.92. The van der Waals surface area contributed by atoms with E-state index in [4.69, 9.17) is 19.9 Å². The van der Waals surface area contributed by atoms with Crippen LogP contribution in [-0.4, -0.2) is 45.0 Å². The molecule has 0 heterocycles. The Balaban J connectivity index is 2.38. The van der Waals surface area contributed by atoms with Crippen LogP contribution < -0.4 is 25.8 Å². The second-order valence-electron chi connectivity index (χ2n) is 6.24. The lowest BCUT2D eigenvalue weighted by Crippen LogP contribution is -2.33. The lowest BCUT2D eigenvalue weighted by atomic mass is 10.2. The number of amides is 1. The van der Waals surface area contributed by atoms with Gasteiger partial charge < -0.3 is 30.6 Å². The van der Waals surface area contributed by atoms with Crippen molar-refractivity contribution in [1.82, 2.24) is 5.32 Å². The summed E-state index contributed by atoms with van der Waals surface area (Å²) in [6, 6.07) is 5.36. The quantitative estimate of drug-likeness (QED) is 0.395. The molecule has 0 aliphatic heterocycles. The summed E-state index contributed by atoms with van der Waals surface area (Å²) in [6.07, 6.45) is 0.209. The van der Waals surface area contributed by atoms with E-state index in [2.05, 4.69) is 15.6 Å². The number of nitrogens with two attached hydrogens (primary N) is 1. The van der Waals surface area contributed by atoms with Crippen molar-refractivity contribution in [3.05, 3.63) is 18.2 Å². The molecule has 140 valence electrons. The van der Waals surface area contributed by atoms with Crippen molar-refractivity contribution in [2.24, 2.45) is 10.7 Å². The van der Waals surface area contributed by atoms with E-state index in [0.717, 1.165) is 5.69 Å². The maximum absolute atomic E-state index is 11.5. The van der Waals surface area contributed by atoms with E-state index in [-0.39, 0.29) is 5.96 Å². The molecular weight excluding hydrogens is 324 g/mol. The first kappa shape index (κ1) is 20.4. The van der Waals surface area contributed by atoms with Crippen molar-refractivity contribution in [3.63, 3.8) is 0 Å². The minimum Gasteiger partial charge on any atom is -0.493 e. The number of methoxy groups -OCH3 is 2. The molecule has 1 rings (SSSR count). The van der Waals surface area contributed by atoms with Crippen LogP contribution in [-0.2, 0) is 4.74 Å². The van der Waals surface area contributed by atoms with Crippen molar-refractivity contribution in [2.45, 2.75) is 32.8 Å². The van der Waals surface area contributed by atoms with Crippen molar-refractivity contribution in [1.29, 1.82) is 0 Å². The van der Waals surface area contributed by atoms with E-state index in [0.29, 0.717) is 31.0 Å². The number of carbonyl (C=O) groups excluding carboxylic acids is 1.